The van der Waals surface area contributed by atoms with Gasteiger partial charge < -0.3 is 20.1 Å². The molecule has 0 atom stereocenters. The first kappa shape index (κ1) is 29.6. The molecule has 0 saturated carbocycles. The molecule has 0 aromatic rings. The Labute approximate surface area is 174 Å². The summed E-state index contributed by atoms with van der Waals surface area (Å²) in [5.41, 5.74) is 0. The summed E-state index contributed by atoms with van der Waals surface area (Å²) in [6.45, 7) is 10.3. The fourth-order valence-electron chi connectivity index (χ4n) is 0.784. The number of nitrogens with zero attached hydrogens (tertiary/aromatic N) is 2. The Hall–Kier alpha value is 1.56. The maximum atomic E-state index is 10.8. The van der Waals surface area contributed by atoms with E-state index < -0.39 is 0 Å². The maximum absolute atomic E-state index is 10.8. The van der Waals surface area contributed by atoms with E-state index in [9.17, 15) is 4.79 Å². The van der Waals surface area contributed by atoms with Crippen molar-refractivity contribution >= 4 is 5.97 Å². The fourth-order valence-corrected chi connectivity index (χ4v) is 0.784. The van der Waals surface area contributed by atoms with Crippen molar-refractivity contribution in [2.24, 2.45) is 5.92 Å². The van der Waals surface area contributed by atoms with Crippen molar-refractivity contribution in [1.29, 1.82) is 0 Å². The van der Waals surface area contributed by atoms with E-state index in [1.54, 1.807) is 14.1 Å². The molecule has 0 aliphatic heterocycles. The zero-order valence-corrected chi connectivity index (χ0v) is 19.4. The monoisotopic (exact) mass is 438 g/mol. The molecule has 0 aliphatic rings. The third kappa shape index (κ3) is 27.8. The van der Waals surface area contributed by atoms with Crippen molar-refractivity contribution in [3.8, 4) is 0 Å². The van der Waals surface area contributed by atoms with Crippen LogP contribution in [0.25, 0.3) is 10.6 Å². The molecule has 0 rings (SSSR count). The van der Waals surface area contributed by atoms with E-state index in [4.69, 9.17) is 9.47 Å². The third-order valence-corrected chi connectivity index (χ3v) is 1.80. The minimum Gasteiger partial charge on any atom is -0.663 e. The summed E-state index contributed by atoms with van der Waals surface area (Å²) in [6.07, 6.45) is 0.344. The van der Waals surface area contributed by atoms with Gasteiger partial charge in [-0.15, -0.1) is 13.1 Å². The van der Waals surface area contributed by atoms with Crippen LogP contribution in [0.1, 0.15) is 27.7 Å². The Morgan fingerprint density at radius 3 is 1.75 bits per heavy atom. The van der Waals surface area contributed by atoms with Crippen LogP contribution >= 0.6 is 0 Å². The Bertz CT molecular complexity index is 194. The van der Waals surface area contributed by atoms with Gasteiger partial charge >= 0.3 is 5.97 Å². The normalized spacial score (nSPS) is 9.20. The molecular weight excluding hydrogens is 410 g/mol. The number of hydrogen-bond donors (Lipinski definition) is 0. The van der Waals surface area contributed by atoms with E-state index in [0.29, 0.717) is 19.3 Å². The standard InChI is InChI=1S/C7H14NO2.C6H14NO.2Y/c1-6(2)7(9)10-5-4-8-3;1-6(2)8-5-4-7-3;;/h6H,4-5H2,1-3H3;6H,4-5H2,1-3H3;;/q2*-1;;. The van der Waals surface area contributed by atoms with E-state index in [0.717, 1.165) is 13.2 Å². The summed E-state index contributed by atoms with van der Waals surface area (Å²) in [7, 11) is 3.49. The molecule has 0 spiro atoms. The number of ether oxygens (including phenoxy) is 2. The van der Waals surface area contributed by atoms with Crippen molar-refractivity contribution in [3.63, 3.8) is 0 Å². The SMILES string of the molecule is C[N-]CCOC(=O)C(C)C.C[N-]CCOC(C)C.[Y].[Y]. The first-order valence-corrected chi connectivity index (χ1v) is 6.35. The molecule has 0 unspecified atom stereocenters. The molecule has 0 heterocycles. The van der Waals surface area contributed by atoms with Gasteiger partial charge in [0.15, 0.2) is 0 Å². The number of rotatable bonds is 8. The largest absolute Gasteiger partial charge is 0.663 e. The quantitative estimate of drug-likeness (QED) is 0.433. The summed E-state index contributed by atoms with van der Waals surface area (Å²) < 4.78 is 10.00. The summed E-state index contributed by atoms with van der Waals surface area (Å²) in [5.74, 6) is -0.180. The Morgan fingerprint density at radius 2 is 1.40 bits per heavy atom. The van der Waals surface area contributed by atoms with Crippen molar-refractivity contribution in [1.82, 2.24) is 0 Å². The molecule has 0 N–H and O–H groups in total. The smallest absolute Gasteiger partial charge is 0.308 e. The minimum atomic E-state index is -0.149. The predicted octanol–water partition coefficient (Wildman–Crippen LogP) is 2.60. The van der Waals surface area contributed by atoms with Gasteiger partial charge in [-0.2, -0.15) is 14.1 Å². The minimum absolute atomic E-state index is 0. The summed E-state index contributed by atoms with van der Waals surface area (Å²) in [4.78, 5) is 10.8. The number of carbonyl (C=O) groups is 1. The Balaban J connectivity index is -0.000000119. The van der Waals surface area contributed by atoms with Crippen LogP contribution in [0.5, 0.6) is 0 Å². The van der Waals surface area contributed by atoms with Crippen LogP contribution in [0.3, 0.4) is 0 Å². The first-order chi connectivity index (χ1) is 8.45. The van der Waals surface area contributed by atoms with Crippen molar-refractivity contribution in [2.75, 3.05) is 40.4 Å². The topological polar surface area (TPSA) is 63.7 Å². The van der Waals surface area contributed by atoms with Gasteiger partial charge in [0.1, 0.15) is 0 Å². The van der Waals surface area contributed by atoms with Crippen LogP contribution in [0.4, 0.5) is 0 Å². The molecule has 5 nitrogen and oxygen atoms in total. The predicted molar refractivity (Wildman–Crippen MR) is 75.2 cm³/mol. The van der Waals surface area contributed by atoms with Gasteiger partial charge in [0.05, 0.1) is 18.6 Å². The molecule has 0 bridgehead atoms. The van der Waals surface area contributed by atoms with Crippen molar-refractivity contribution < 1.29 is 79.7 Å². The van der Waals surface area contributed by atoms with Gasteiger partial charge in [-0.3, -0.25) is 4.79 Å². The molecule has 0 saturated heterocycles. The van der Waals surface area contributed by atoms with E-state index in [-0.39, 0.29) is 77.3 Å². The van der Waals surface area contributed by atoms with Gasteiger partial charge in [-0.25, -0.2) is 0 Å². The Morgan fingerprint density at radius 1 is 0.950 bits per heavy atom. The number of hydrogen-bond acceptors (Lipinski definition) is 3. The maximum Gasteiger partial charge on any atom is 0.308 e. The molecular formula is C13H28N2O3Y2-2. The van der Waals surface area contributed by atoms with Gasteiger partial charge in [0.2, 0.25) is 0 Å². The van der Waals surface area contributed by atoms with E-state index in [1.165, 1.54) is 0 Å². The van der Waals surface area contributed by atoms with Crippen molar-refractivity contribution in [2.45, 2.75) is 33.8 Å². The summed E-state index contributed by atoms with van der Waals surface area (Å²) in [6, 6.07) is 0. The average molecular weight is 438 g/mol. The molecule has 0 amide bonds. The molecule has 0 aliphatic carbocycles. The summed E-state index contributed by atoms with van der Waals surface area (Å²) in [5, 5.41) is 7.67. The second-order valence-corrected chi connectivity index (χ2v) is 4.32. The fraction of sp³-hybridized carbons (Fsp3) is 0.923. The van der Waals surface area contributed by atoms with E-state index in [1.807, 2.05) is 27.7 Å². The van der Waals surface area contributed by atoms with Gasteiger partial charge in [0.25, 0.3) is 0 Å². The Kier molecular flexibility index (Phi) is 33.7. The zero-order chi connectivity index (χ0) is 14.4. The van der Waals surface area contributed by atoms with Gasteiger partial charge in [-0.05, 0) is 13.8 Å². The van der Waals surface area contributed by atoms with Crippen LogP contribution in [0.2, 0.25) is 0 Å². The van der Waals surface area contributed by atoms with E-state index >= 15 is 0 Å². The zero-order valence-electron chi connectivity index (χ0n) is 13.8. The van der Waals surface area contributed by atoms with Crippen LogP contribution in [0, 0.1) is 5.92 Å². The molecule has 7 heteroatoms. The van der Waals surface area contributed by atoms with Crippen LogP contribution in [-0.4, -0.2) is 52.5 Å². The first-order valence-electron chi connectivity index (χ1n) is 6.35. The second-order valence-electron chi connectivity index (χ2n) is 4.32. The molecule has 0 aromatic carbocycles. The van der Waals surface area contributed by atoms with Crippen LogP contribution in [-0.2, 0) is 79.7 Å². The molecule has 0 fully saturated rings. The second kappa shape index (κ2) is 22.8. The number of carbonyl (C=O) groups excluding carboxylic acids is 1. The number of likely N-dealkylation sites (N-methyl/N-ethyl adjacent to an activating group) is 2. The molecule has 0 aromatic heterocycles. The van der Waals surface area contributed by atoms with Gasteiger partial charge in [0, 0.05) is 72.0 Å². The van der Waals surface area contributed by atoms with Crippen molar-refractivity contribution in [3.05, 3.63) is 10.6 Å². The molecule has 20 heavy (non-hydrogen) atoms. The van der Waals surface area contributed by atoms with Crippen LogP contribution in [0.15, 0.2) is 0 Å². The molecule has 116 valence electrons. The third-order valence-electron chi connectivity index (χ3n) is 1.80. The van der Waals surface area contributed by atoms with Gasteiger partial charge in [-0.1, -0.05) is 13.8 Å². The molecule has 2 radical (unpaired) electrons. The van der Waals surface area contributed by atoms with Crippen LogP contribution < -0.4 is 0 Å². The average Bonchev–Trinajstić information content (AvgIpc) is 2.30. The van der Waals surface area contributed by atoms with E-state index in [2.05, 4.69) is 10.6 Å². The summed E-state index contributed by atoms with van der Waals surface area (Å²) >= 11 is 0. The number of esters is 1.